The van der Waals surface area contributed by atoms with Crippen molar-refractivity contribution >= 4 is 42.3 Å². The fourth-order valence-corrected chi connectivity index (χ4v) is 3.10. The van der Waals surface area contributed by atoms with Crippen LogP contribution in [0, 0.1) is 0 Å². The zero-order valence-electron chi connectivity index (χ0n) is 18.9. The molecule has 12 nitrogen and oxygen atoms in total. The van der Waals surface area contributed by atoms with Crippen LogP contribution in [-0.2, 0) is 25.6 Å². The topological polar surface area (TPSA) is 215 Å². The molecule has 34 heavy (non-hydrogen) atoms. The van der Waals surface area contributed by atoms with Gasteiger partial charge in [0, 0.05) is 18.7 Å². The molecular formula is C21H33N7O5S. The highest BCUT2D eigenvalue weighted by Gasteiger charge is 2.28. The minimum atomic E-state index is -1.25. The molecule has 188 valence electrons. The largest absolute Gasteiger partial charge is 0.480 e. The predicted molar refractivity (Wildman–Crippen MR) is 131 cm³/mol. The summed E-state index contributed by atoms with van der Waals surface area (Å²) >= 11 is 3.89. The fraction of sp³-hybridized carbons (Fsp3) is 0.476. The number of carboxylic acid groups (broad SMARTS) is 1. The first kappa shape index (κ1) is 28.7. The fourth-order valence-electron chi connectivity index (χ4n) is 2.85. The monoisotopic (exact) mass is 495 g/mol. The summed E-state index contributed by atoms with van der Waals surface area (Å²) in [4.78, 5) is 52.8. The van der Waals surface area contributed by atoms with Crippen LogP contribution in [0.25, 0.3) is 0 Å². The number of rotatable bonds is 14. The summed E-state index contributed by atoms with van der Waals surface area (Å²) in [5, 5.41) is 16.5. The number of nitrogens with one attached hydrogen (secondary N) is 3. The van der Waals surface area contributed by atoms with Crippen molar-refractivity contribution in [2.24, 2.45) is 22.2 Å². The average Bonchev–Trinajstić information content (AvgIpc) is 2.79. The first-order valence-electron chi connectivity index (χ1n) is 10.6. The molecule has 1 aromatic carbocycles. The van der Waals surface area contributed by atoms with Crippen LogP contribution >= 0.6 is 12.6 Å². The van der Waals surface area contributed by atoms with Crippen molar-refractivity contribution in [1.82, 2.24) is 16.0 Å². The van der Waals surface area contributed by atoms with E-state index in [-0.39, 0.29) is 18.1 Å². The molecule has 0 saturated carbocycles. The van der Waals surface area contributed by atoms with Crippen molar-refractivity contribution in [1.29, 1.82) is 0 Å². The first-order chi connectivity index (χ1) is 16.0. The summed E-state index contributed by atoms with van der Waals surface area (Å²) in [7, 11) is 0. The van der Waals surface area contributed by atoms with Crippen LogP contribution in [0.5, 0.6) is 0 Å². The predicted octanol–water partition coefficient (Wildman–Crippen LogP) is -1.90. The second-order valence-electron chi connectivity index (χ2n) is 7.62. The lowest BCUT2D eigenvalue weighted by Gasteiger charge is -2.23. The molecule has 0 bridgehead atoms. The van der Waals surface area contributed by atoms with Gasteiger partial charge in [-0.05, 0) is 25.3 Å². The van der Waals surface area contributed by atoms with E-state index in [0.717, 1.165) is 5.56 Å². The van der Waals surface area contributed by atoms with Crippen molar-refractivity contribution in [3.63, 3.8) is 0 Å². The summed E-state index contributed by atoms with van der Waals surface area (Å²) in [6.45, 7) is 1.72. The van der Waals surface area contributed by atoms with Gasteiger partial charge in [0.25, 0.3) is 0 Å². The van der Waals surface area contributed by atoms with E-state index in [1.54, 1.807) is 24.3 Å². The van der Waals surface area contributed by atoms with Gasteiger partial charge in [-0.15, -0.1) is 0 Å². The molecule has 0 aromatic heterocycles. The molecule has 0 aliphatic carbocycles. The van der Waals surface area contributed by atoms with E-state index < -0.39 is 47.9 Å². The van der Waals surface area contributed by atoms with Gasteiger partial charge in [-0.2, -0.15) is 12.6 Å². The zero-order valence-corrected chi connectivity index (χ0v) is 19.8. The standard InChI is InChI=1S/C21H33N7O5S/c1-12(17(29)28-16(11-34)20(32)33)26-19(31)15(10-13-6-3-2-4-7-13)27-18(30)14(22)8-5-9-25-21(23)24/h2-4,6-7,12,14-16,34H,5,8-11,22H2,1H3,(H,26,31)(H,27,30)(H,28,29)(H,32,33)(H4,23,24,25). The molecule has 0 fully saturated rings. The molecule has 0 saturated heterocycles. The maximum absolute atomic E-state index is 12.9. The van der Waals surface area contributed by atoms with Gasteiger partial charge < -0.3 is 38.3 Å². The summed E-state index contributed by atoms with van der Waals surface area (Å²) < 4.78 is 0. The Balaban J connectivity index is 2.83. The lowest BCUT2D eigenvalue weighted by molar-refractivity contribution is -0.141. The van der Waals surface area contributed by atoms with E-state index in [0.29, 0.717) is 19.4 Å². The molecule has 13 heteroatoms. The lowest BCUT2D eigenvalue weighted by atomic mass is 10.0. The van der Waals surface area contributed by atoms with Crippen molar-refractivity contribution in [3.8, 4) is 0 Å². The van der Waals surface area contributed by atoms with Crippen LogP contribution in [-0.4, -0.2) is 71.2 Å². The Morgan fingerprint density at radius 1 is 1.00 bits per heavy atom. The summed E-state index contributed by atoms with van der Waals surface area (Å²) in [5.41, 5.74) is 17.2. The molecule has 10 N–H and O–H groups in total. The summed E-state index contributed by atoms with van der Waals surface area (Å²) in [6, 6.07) is 4.81. The lowest BCUT2D eigenvalue weighted by Crippen LogP contribution is -2.57. The average molecular weight is 496 g/mol. The number of carboxylic acids is 1. The number of nitrogens with zero attached hydrogens (tertiary/aromatic N) is 1. The highest BCUT2D eigenvalue weighted by molar-refractivity contribution is 7.80. The minimum absolute atomic E-state index is 0.0557. The molecular weight excluding hydrogens is 462 g/mol. The molecule has 0 aliphatic heterocycles. The van der Waals surface area contributed by atoms with Gasteiger partial charge in [-0.25, -0.2) is 4.79 Å². The molecule has 4 atom stereocenters. The van der Waals surface area contributed by atoms with Gasteiger partial charge in [-0.1, -0.05) is 30.3 Å². The number of amides is 3. The van der Waals surface area contributed by atoms with Crippen LogP contribution in [0.4, 0.5) is 0 Å². The SMILES string of the molecule is CC(NC(=O)C(Cc1ccccc1)NC(=O)C(N)CCCN=C(N)N)C(=O)NC(CS)C(=O)O. The number of aliphatic imine (C=N–C) groups is 1. The maximum atomic E-state index is 12.9. The molecule has 1 rings (SSSR count). The van der Waals surface area contributed by atoms with E-state index in [9.17, 15) is 19.2 Å². The highest BCUT2D eigenvalue weighted by Crippen LogP contribution is 2.05. The van der Waals surface area contributed by atoms with E-state index >= 15 is 0 Å². The van der Waals surface area contributed by atoms with Gasteiger partial charge in [0.1, 0.15) is 18.1 Å². The number of carbonyl (C=O) groups excluding carboxylic acids is 3. The van der Waals surface area contributed by atoms with Crippen molar-refractivity contribution < 1.29 is 24.3 Å². The van der Waals surface area contributed by atoms with Gasteiger partial charge in [0.15, 0.2) is 5.96 Å². The smallest absolute Gasteiger partial charge is 0.327 e. The molecule has 0 radical (unpaired) electrons. The first-order valence-corrected chi connectivity index (χ1v) is 11.3. The van der Waals surface area contributed by atoms with E-state index in [4.69, 9.17) is 22.3 Å². The van der Waals surface area contributed by atoms with Gasteiger partial charge in [0.2, 0.25) is 17.7 Å². The molecule has 0 spiro atoms. The third-order valence-electron chi connectivity index (χ3n) is 4.77. The number of benzene rings is 1. The maximum Gasteiger partial charge on any atom is 0.327 e. The number of nitrogens with two attached hydrogens (primary N) is 3. The quantitative estimate of drug-likeness (QED) is 0.0629. The summed E-state index contributed by atoms with van der Waals surface area (Å²) in [6.07, 6.45) is 0.915. The second kappa shape index (κ2) is 14.8. The third-order valence-corrected chi connectivity index (χ3v) is 5.13. The summed E-state index contributed by atoms with van der Waals surface area (Å²) in [5.74, 6) is -3.28. The van der Waals surface area contributed by atoms with Crippen LogP contribution < -0.4 is 33.2 Å². The van der Waals surface area contributed by atoms with Crippen molar-refractivity contribution in [2.75, 3.05) is 12.3 Å². The van der Waals surface area contributed by atoms with E-state index in [1.165, 1.54) is 6.92 Å². The van der Waals surface area contributed by atoms with Gasteiger partial charge in [-0.3, -0.25) is 19.4 Å². The number of aliphatic carboxylic acids is 1. The number of carbonyl (C=O) groups is 4. The number of guanidine groups is 1. The van der Waals surface area contributed by atoms with E-state index in [2.05, 4.69) is 33.6 Å². The van der Waals surface area contributed by atoms with Gasteiger partial charge in [0.05, 0.1) is 6.04 Å². The van der Waals surface area contributed by atoms with Gasteiger partial charge >= 0.3 is 5.97 Å². The zero-order chi connectivity index (χ0) is 25.7. The Bertz CT molecular complexity index is 864. The number of hydrogen-bond donors (Lipinski definition) is 8. The second-order valence-corrected chi connectivity index (χ2v) is 7.98. The Labute approximate surface area is 203 Å². The van der Waals surface area contributed by atoms with Crippen LogP contribution in [0.15, 0.2) is 35.3 Å². The van der Waals surface area contributed by atoms with Crippen LogP contribution in [0.2, 0.25) is 0 Å². The molecule has 0 aliphatic rings. The number of hydrogen-bond acceptors (Lipinski definition) is 7. The van der Waals surface area contributed by atoms with Crippen LogP contribution in [0.3, 0.4) is 0 Å². The Morgan fingerprint density at radius 3 is 2.18 bits per heavy atom. The van der Waals surface area contributed by atoms with E-state index in [1.807, 2.05) is 6.07 Å². The third kappa shape index (κ3) is 10.5. The number of thiol groups is 1. The van der Waals surface area contributed by atoms with Crippen molar-refractivity contribution in [3.05, 3.63) is 35.9 Å². The molecule has 0 heterocycles. The highest BCUT2D eigenvalue weighted by atomic mass is 32.1. The Hall–Kier alpha value is -3.32. The molecule has 4 unspecified atom stereocenters. The molecule has 3 amide bonds. The van der Waals surface area contributed by atoms with Crippen molar-refractivity contribution in [2.45, 2.75) is 50.4 Å². The Kier molecular flexibility index (Phi) is 12.5. The minimum Gasteiger partial charge on any atom is -0.480 e. The Morgan fingerprint density at radius 2 is 1.62 bits per heavy atom. The van der Waals surface area contributed by atoms with Crippen LogP contribution in [0.1, 0.15) is 25.3 Å². The molecule has 1 aromatic rings. The normalized spacial score (nSPS) is 14.1.